The lowest BCUT2D eigenvalue weighted by molar-refractivity contribution is 0.220. The molecule has 3 N–H and O–H groups in total. The summed E-state index contributed by atoms with van der Waals surface area (Å²) in [6.07, 6.45) is -0.218. The Bertz CT molecular complexity index is 520. The molecule has 1 unspecified atom stereocenters. The Morgan fingerprint density at radius 2 is 1.88 bits per heavy atom. The number of benzene rings is 1. The molecule has 0 radical (unpaired) electrons. The van der Waals surface area contributed by atoms with E-state index in [0.717, 1.165) is 25.6 Å². The molecule has 0 amide bonds. The van der Waals surface area contributed by atoms with Crippen molar-refractivity contribution in [2.45, 2.75) is 46.3 Å². The topological polar surface area (TPSA) is 57.7 Å². The molecule has 5 nitrogen and oxygen atoms in total. The number of nitrogens with one attached hydrogen (secondary N) is 3. The third-order valence-corrected chi connectivity index (χ3v) is 3.09. The first-order valence-corrected chi connectivity index (χ1v) is 8.50. The van der Waals surface area contributed by atoms with Crippen LogP contribution < -0.4 is 20.7 Å². The molecular formula is C18H32FIN4O. The molecule has 0 fully saturated rings. The van der Waals surface area contributed by atoms with E-state index in [9.17, 15) is 4.39 Å². The fourth-order valence-corrected chi connectivity index (χ4v) is 1.97. The minimum Gasteiger partial charge on any atom is -0.486 e. The van der Waals surface area contributed by atoms with Gasteiger partial charge in [-0.15, -0.1) is 24.0 Å². The summed E-state index contributed by atoms with van der Waals surface area (Å²) in [7, 11) is 0. The van der Waals surface area contributed by atoms with Gasteiger partial charge in [-0.1, -0.05) is 12.1 Å². The molecule has 25 heavy (non-hydrogen) atoms. The molecule has 144 valence electrons. The molecule has 0 saturated heterocycles. The number of nitrogens with zero attached hydrogens (tertiary/aromatic N) is 1. The van der Waals surface area contributed by atoms with Crippen LogP contribution in [0.4, 0.5) is 4.39 Å². The molecule has 1 aromatic carbocycles. The molecular weight excluding hydrogens is 434 g/mol. The number of rotatable bonds is 8. The molecule has 0 saturated carbocycles. The van der Waals surface area contributed by atoms with Crippen LogP contribution in [-0.4, -0.2) is 43.8 Å². The maximum atomic E-state index is 13.6. The Balaban J connectivity index is 0.00000576. The molecule has 1 aromatic rings. The van der Waals surface area contributed by atoms with E-state index in [1.807, 2.05) is 13.8 Å². The second-order valence-corrected chi connectivity index (χ2v) is 6.68. The summed E-state index contributed by atoms with van der Waals surface area (Å²) < 4.78 is 19.2. The Morgan fingerprint density at radius 3 is 2.48 bits per heavy atom. The summed E-state index contributed by atoms with van der Waals surface area (Å²) in [6, 6.07) is 6.41. The summed E-state index contributed by atoms with van der Waals surface area (Å²) in [6.45, 7) is 13.1. The van der Waals surface area contributed by atoms with Gasteiger partial charge in [-0.3, -0.25) is 0 Å². The van der Waals surface area contributed by atoms with Crippen LogP contribution in [0.3, 0.4) is 0 Å². The Morgan fingerprint density at radius 1 is 1.20 bits per heavy atom. The van der Waals surface area contributed by atoms with Crippen LogP contribution in [0.2, 0.25) is 0 Å². The molecule has 0 aliphatic heterocycles. The van der Waals surface area contributed by atoms with E-state index < -0.39 is 0 Å². The molecule has 0 spiro atoms. The highest BCUT2D eigenvalue weighted by molar-refractivity contribution is 14.0. The highest BCUT2D eigenvalue weighted by atomic mass is 127. The normalized spacial score (nSPS) is 13.0. The van der Waals surface area contributed by atoms with Crippen LogP contribution in [0.25, 0.3) is 0 Å². The Kier molecular flexibility index (Phi) is 11.8. The first kappa shape index (κ1) is 23.9. The van der Waals surface area contributed by atoms with Gasteiger partial charge in [0.05, 0.1) is 6.54 Å². The SMILES string of the molecule is CCNC(=NCC(C)Oc1ccccc1F)NCCNC(C)(C)C.I. The first-order valence-electron chi connectivity index (χ1n) is 8.50. The van der Waals surface area contributed by atoms with Gasteiger partial charge in [0.1, 0.15) is 6.10 Å². The number of guanidine groups is 1. The monoisotopic (exact) mass is 466 g/mol. The number of halogens is 2. The average molecular weight is 466 g/mol. The van der Waals surface area contributed by atoms with Crippen LogP contribution in [-0.2, 0) is 0 Å². The lowest BCUT2D eigenvalue weighted by Gasteiger charge is -2.21. The highest BCUT2D eigenvalue weighted by Crippen LogP contribution is 2.16. The number of hydrogen-bond acceptors (Lipinski definition) is 3. The minimum atomic E-state index is -0.355. The van der Waals surface area contributed by atoms with Crippen LogP contribution in [0, 0.1) is 5.82 Å². The van der Waals surface area contributed by atoms with E-state index in [2.05, 4.69) is 41.7 Å². The van der Waals surface area contributed by atoms with Gasteiger partial charge in [0.2, 0.25) is 0 Å². The third-order valence-electron chi connectivity index (χ3n) is 3.09. The highest BCUT2D eigenvalue weighted by Gasteiger charge is 2.09. The zero-order valence-corrected chi connectivity index (χ0v) is 18.2. The van der Waals surface area contributed by atoms with Gasteiger partial charge in [0, 0.05) is 25.2 Å². The summed E-state index contributed by atoms with van der Waals surface area (Å²) >= 11 is 0. The van der Waals surface area contributed by atoms with Crippen LogP contribution in [0.5, 0.6) is 5.75 Å². The van der Waals surface area contributed by atoms with Gasteiger partial charge >= 0.3 is 0 Å². The fraction of sp³-hybridized carbons (Fsp3) is 0.611. The van der Waals surface area contributed by atoms with Crippen molar-refractivity contribution in [3.8, 4) is 5.75 Å². The number of para-hydroxylation sites is 1. The van der Waals surface area contributed by atoms with E-state index in [1.165, 1.54) is 6.07 Å². The maximum absolute atomic E-state index is 13.6. The zero-order valence-electron chi connectivity index (χ0n) is 15.9. The number of aliphatic imine (C=N–C) groups is 1. The predicted octanol–water partition coefficient (Wildman–Crippen LogP) is 3.15. The summed E-state index contributed by atoms with van der Waals surface area (Å²) in [5.74, 6) is 0.636. The molecule has 0 heterocycles. The standard InChI is InChI=1S/C18H31FN4O.HI/c1-6-20-17(21-11-12-23-18(3,4)5)22-13-14(2)24-16-10-8-7-9-15(16)19;/h7-10,14,23H,6,11-13H2,1-5H3,(H2,20,21,22);1H. The first-order chi connectivity index (χ1) is 11.3. The van der Waals surface area contributed by atoms with E-state index >= 15 is 0 Å². The number of ether oxygens (including phenoxy) is 1. The quantitative estimate of drug-likeness (QED) is 0.239. The van der Waals surface area contributed by atoms with Gasteiger partial charge < -0.3 is 20.7 Å². The zero-order chi connectivity index (χ0) is 18.0. The van der Waals surface area contributed by atoms with E-state index in [1.54, 1.807) is 18.2 Å². The van der Waals surface area contributed by atoms with E-state index in [-0.39, 0.29) is 47.2 Å². The maximum Gasteiger partial charge on any atom is 0.191 e. The van der Waals surface area contributed by atoms with Crippen molar-refractivity contribution in [2.75, 3.05) is 26.2 Å². The van der Waals surface area contributed by atoms with Gasteiger partial charge in [-0.25, -0.2) is 9.38 Å². The molecule has 1 rings (SSSR count). The summed E-state index contributed by atoms with van der Waals surface area (Å²) in [4.78, 5) is 4.49. The molecule has 1 atom stereocenters. The van der Waals surface area contributed by atoms with Crippen molar-refractivity contribution in [2.24, 2.45) is 4.99 Å². The van der Waals surface area contributed by atoms with Gasteiger partial charge in [-0.05, 0) is 46.8 Å². The third kappa shape index (κ3) is 11.2. The van der Waals surface area contributed by atoms with Crippen LogP contribution in [0.15, 0.2) is 29.3 Å². The lowest BCUT2D eigenvalue weighted by atomic mass is 10.1. The minimum absolute atomic E-state index is 0. The molecule has 0 aromatic heterocycles. The molecule has 0 aliphatic carbocycles. The Hall–Kier alpha value is -1.09. The summed E-state index contributed by atoms with van der Waals surface area (Å²) in [5, 5.41) is 9.87. The van der Waals surface area contributed by atoms with Crippen LogP contribution >= 0.6 is 24.0 Å². The second kappa shape index (κ2) is 12.3. The average Bonchev–Trinajstić information content (AvgIpc) is 2.50. The van der Waals surface area contributed by atoms with Gasteiger partial charge in [0.15, 0.2) is 17.5 Å². The molecule has 0 aliphatic rings. The molecule has 0 bridgehead atoms. The number of hydrogen-bond donors (Lipinski definition) is 3. The second-order valence-electron chi connectivity index (χ2n) is 6.68. The molecule has 7 heteroatoms. The van der Waals surface area contributed by atoms with Crippen molar-refractivity contribution < 1.29 is 9.13 Å². The lowest BCUT2D eigenvalue weighted by Crippen LogP contribution is -2.44. The van der Waals surface area contributed by atoms with Crippen molar-refractivity contribution in [1.82, 2.24) is 16.0 Å². The summed E-state index contributed by atoms with van der Waals surface area (Å²) in [5.41, 5.74) is 0.0965. The van der Waals surface area contributed by atoms with Crippen molar-refractivity contribution in [1.29, 1.82) is 0 Å². The van der Waals surface area contributed by atoms with E-state index in [0.29, 0.717) is 6.54 Å². The van der Waals surface area contributed by atoms with Crippen molar-refractivity contribution in [3.05, 3.63) is 30.1 Å². The smallest absolute Gasteiger partial charge is 0.191 e. The van der Waals surface area contributed by atoms with Crippen LogP contribution in [0.1, 0.15) is 34.6 Å². The largest absolute Gasteiger partial charge is 0.486 e. The van der Waals surface area contributed by atoms with Gasteiger partial charge in [-0.2, -0.15) is 0 Å². The van der Waals surface area contributed by atoms with Crippen molar-refractivity contribution >= 4 is 29.9 Å². The van der Waals surface area contributed by atoms with E-state index in [4.69, 9.17) is 4.74 Å². The Labute approximate surface area is 168 Å². The van der Waals surface area contributed by atoms with Crippen molar-refractivity contribution in [3.63, 3.8) is 0 Å². The predicted molar refractivity (Wildman–Crippen MR) is 114 cm³/mol. The fourth-order valence-electron chi connectivity index (χ4n) is 1.97. The van der Waals surface area contributed by atoms with Gasteiger partial charge in [0.25, 0.3) is 0 Å².